The second-order valence-electron chi connectivity index (χ2n) is 8.62. The maximum absolute atomic E-state index is 13.8. The second kappa shape index (κ2) is 9.20. The van der Waals surface area contributed by atoms with E-state index in [4.69, 9.17) is 4.98 Å². The average molecular weight is 540 g/mol. The Kier molecular flexibility index (Phi) is 6.29. The van der Waals surface area contributed by atoms with Crippen molar-refractivity contribution in [3.63, 3.8) is 0 Å². The zero-order valence-electron chi connectivity index (χ0n) is 18.4. The molecule has 0 N–H and O–H groups in total. The first-order chi connectivity index (χ1) is 15.9. The first kappa shape index (κ1) is 22.6. The van der Waals surface area contributed by atoms with Crippen LogP contribution in [0.2, 0.25) is 0 Å². The van der Waals surface area contributed by atoms with Crippen molar-refractivity contribution in [2.24, 2.45) is 5.92 Å². The van der Waals surface area contributed by atoms with Crippen LogP contribution in [0.3, 0.4) is 0 Å². The molecule has 33 heavy (non-hydrogen) atoms. The number of thioether (sulfide) groups is 1. The number of nitrogens with zero attached hydrogens (tertiary/aromatic N) is 2. The number of rotatable bonds is 5. The van der Waals surface area contributed by atoms with Crippen molar-refractivity contribution in [3.8, 4) is 5.69 Å². The van der Waals surface area contributed by atoms with Gasteiger partial charge in [0.25, 0.3) is 5.56 Å². The van der Waals surface area contributed by atoms with Gasteiger partial charge in [0.15, 0.2) is 10.9 Å². The van der Waals surface area contributed by atoms with Crippen molar-refractivity contribution >= 4 is 55.0 Å². The summed E-state index contributed by atoms with van der Waals surface area (Å²) in [6.07, 6.45) is 3.03. The number of benzene rings is 2. The van der Waals surface area contributed by atoms with Gasteiger partial charge in [-0.3, -0.25) is 14.2 Å². The summed E-state index contributed by atoms with van der Waals surface area (Å²) in [6, 6.07) is 15.2. The minimum absolute atomic E-state index is 0.0107. The largest absolute Gasteiger partial charge is 0.293 e. The third-order valence-electron chi connectivity index (χ3n) is 6.09. The zero-order chi connectivity index (χ0) is 23.1. The Morgan fingerprint density at radius 2 is 1.91 bits per heavy atom. The van der Waals surface area contributed by atoms with Crippen molar-refractivity contribution in [3.05, 3.63) is 84.9 Å². The van der Waals surface area contributed by atoms with E-state index in [0.717, 1.165) is 45.2 Å². The molecule has 2 aromatic carbocycles. The highest BCUT2D eigenvalue weighted by atomic mass is 79.9. The molecule has 1 aliphatic rings. The Labute approximate surface area is 209 Å². The van der Waals surface area contributed by atoms with Gasteiger partial charge in [-0.15, -0.1) is 11.3 Å². The normalized spacial score (nSPS) is 15.5. The van der Waals surface area contributed by atoms with E-state index in [9.17, 15) is 9.59 Å². The Hall–Kier alpha value is -2.22. The maximum Gasteiger partial charge on any atom is 0.267 e. The van der Waals surface area contributed by atoms with E-state index in [2.05, 4.69) is 22.9 Å². The van der Waals surface area contributed by atoms with Crippen molar-refractivity contribution in [2.75, 3.05) is 5.75 Å². The van der Waals surface area contributed by atoms with E-state index >= 15 is 0 Å². The molecule has 168 valence electrons. The summed E-state index contributed by atoms with van der Waals surface area (Å²) in [7, 11) is 0. The molecular formula is C26H23BrN2O2S2. The van der Waals surface area contributed by atoms with Gasteiger partial charge in [-0.05, 0) is 61.9 Å². The van der Waals surface area contributed by atoms with Crippen LogP contribution in [-0.2, 0) is 12.8 Å². The van der Waals surface area contributed by atoms with Gasteiger partial charge >= 0.3 is 0 Å². The van der Waals surface area contributed by atoms with E-state index in [0.29, 0.717) is 16.6 Å². The molecule has 0 saturated carbocycles. The van der Waals surface area contributed by atoms with Gasteiger partial charge in [0, 0.05) is 14.9 Å². The van der Waals surface area contributed by atoms with Crippen molar-refractivity contribution in [2.45, 2.75) is 38.3 Å². The molecule has 2 heterocycles. The van der Waals surface area contributed by atoms with Crippen LogP contribution in [-0.4, -0.2) is 21.1 Å². The molecule has 1 unspecified atom stereocenters. The van der Waals surface area contributed by atoms with Crippen LogP contribution >= 0.6 is 39.0 Å². The molecule has 0 amide bonds. The summed E-state index contributed by atoms with van der Waals surface area (Å²) in [4.78, 5) is 33.7. The molecule has 0 saturated heterocycles. The fourth-order valence-electron chi connectivity index (χ4n) is 4.24. The number of ketones is 1. The van der Waals surface area contributed by atoms with Crippen LogP contribution in [0.25, 0.3) is 15.9 Å². The summed E-state index contributed by atoms with van der Waals surface area (Å²) < 4.78 is 2.62. The van der Waals surface area contributed by atoms with Gasteiger partial charge in [0.05, 0.1) is 16.8 Å². The molecule has 0 fully saturated rings. The lowest BCUT2D eigenvalue weighted by Gasteiger charge is -2.18. The Balaban J connectivity index is 1.59. The summed E-state index contributed by atoms with van der Waals surface area (Å²) in [6.45, 7) is 4.29. The third kappa shape index (κ3) is 4.46. The highest BCUT2D eigenvalue weighted by Gasteiger charge is 2.25. The van der Waals surface area contributed by atoms with E-state index in [1.54, 1.807) is 15.9 Å². The standard InChI is InChI=1S/C26H23BrN2O2S2/c1-15-3-10-19(11-4-15)29-25(31)23-20-12-5-16(2)13-22(20)33-24(23)28-26(29)32-14-21(30)17-6-8-18(27)9-7-17/h3-4,6-11,16H,5,12-14H2,1-2H3. The highest BCUT2D eigenvalue weighted by Crippen LogP contribution is 2.37. The molecule has 1 atom stereocenters. The number of fused-ring (bicyclic) bond motifs is 3. The van der Waals surface area contributed by atoms with Gasteiger partial charge in [-0.25, -0.2) is 4.98 Å². The smallest absolute Gasteiger partial charge is 0.267 e. The van der Waals surface area contributed by atoms with E-state index < -0.39 is 0 Å². The van der Waals surface area contributed by atoms with E-state index in [1.807, 2.05) is 55.5 Å². The van der Waals surface area contributed by atoms with Crippen LogP contribution in [0.4, 0.5) is 0 Å². The van der Waals surface area contributed by atoms with Crippen LogP contribution in [0.1, 0.15) is 39.7 Å². The maximum atomic E-state index is 13.8. The molecule has 0 radical (unpaired) electrons. The predicted octanol–water partition coefficient (Wildman–Crippen LogP) is 6.62. The molecule has 0 bridgehead atoms. The number of carbonyl (C=O) groups is 1. The molecule has 0 aliphatic heterocycles. The number of aryl methyl sites for hydroxylation is 2. The fourth-order valence-corrected chi connectivity index (χ4v) is 6.83. The molecule has 4 nitrogen and oxygen atoms in total. The minimum atomic E-state index is -0.0329. The Morgan fingerprint density at radius 1 is 1.18 bits per heavy atom. The molecule has 0 spiro atoms. The lowest BCUT2D eigenvalue weighted by atomic mass is 9.89. The average Bonchev–Trinajstić information content (AvgIpc) is 3.16. The predicted molar refractivity (Wildman–Crippen MR) is 140 cm³/mol. The summed E-state index contributed by atoms with van der Waals surface area (Å²) >= 11 is 6.37. The van der Waals surface area contributed by atoms with E-state index in [1.165, 1.54) is 22.2 Å². The Morgan fingerprint density at radius 3 is 2.64 bits per heavy atom. The quantitative estimate of drug-likeness (QED) is 0.163. The number of halogens is 1. The molecule has 4 aromatic rings. The highest BCUT2D eigenvalue weighted by molar-refractivity contribution is 9.10. The van der Waals surface area contributed by atoms with Gasteiger partial charge in [-0.2, -0.15) is 0 Å². The first-order valence-electron chi connectivity index (χ1n) is 11.0. The lowest BCUT2D eigenvalue weighted by Crippen LogP contribution is -2.23. The molecule has 7 heteroatoms. The second-order valence-corrected chi connectivity index (χ2v) is 11.6. The van der Waals surface area contributed by atoms with Gasteiger partial charge in [-0.1, -0.05) is 64.4 Å². The molecular weight excluding hydrogens is 516 g/mol. The monoisotopic (exact) mass is 538 g/mol. The number of thiophene rings is 1. The third-order valence-corrected chi connectivity index (χ3v) is 8.70. The number of carbonyl (C=O) groups excluding carboxylic acids is 1. The van der Waals surface area contributed by atoms with E-state index in [-0.39, 0.29) is 17.1 Å². The van der Waals surface area contributed by atoms with Crippen LogP contribution in [0, 0.1) is 12.8 Å². The van der Waals surface area contributed by atoms with Crippen LogP contribution < -0.4 is 5.56 Å². The van der Waals surface area contributed by atoms with Crippen molar-refractivity contribution in [1.82, 2.24) is 9.55 Å². The molecule has 2 aromatic heterocycles. The first-order valence-corrected chi connectivity index (χ1v) is 13.6. The van der Waals surface area contributed by atoms with Gasteiger partial charge in [0.1, 0.15) is 4.83 Å². The SMILES string of the molecule is Cc1ccc(-n2c(SCC(=O)c3ccc(Br)cc3)nc3sc4c(c3c2=O)CCC(C)C4)cc1. The van der Waals surface area contributed by atoms with Crippen molar-refractivity contribution < 1.29 is 4.79 Å². The van der Waals surface area contributed by atoms with Gasteiger partial charge in [0.2, 0.25) is 0 Å². The molecule has 1 aliphatic carbocycles. The summed E-state index contributed by atoms with van der Waals surface area (Å²) in [5, 5.41) is 1.32. The number of hydrogen-bond donors (Lipinski definition) is 0. The summed E-state index contributed by atoms with van der Waals surface area (Å²) in [5.74, 6) is 0.854. The molecule has 5 rings (SSSR count). The van der Waals surface area contributed by atoms with Crippen molar-refractivity contribution in [1.29, 1.82) is 0 Å². The van der Waals surface area contributed by atoms with Crippen LogP contribution in [0.15, 0.2) is 63.0 Å². The van der Waals surface area contributed by atoms with Gasteiger partial charge < -0.3 is 0 Å². The van der Waals surface area contributed by atoms with Crippen LogP contribution in [0.5, 0.6) is 0 Å². The minimum Gasteiger partial charge on any atom is -0.293 e. The summed E-state index contributed by atoms with van der Waals surface area (Å²) in [5.41, 5.74) is 3.70. The lowest BCUT2D eigenvalue weighted by molar-refractivity contribution is 0.102. The number of aromatic nitrogens is 2. The zero-order valence-corrected chi connectivity index (χ0v) is 21.6. The number of hydrogen-bond acceptors (Lipinski definition) is 5. The topological polar surface area (TPSA) is 52.0 Å². The Bertz CT molecular complexity index is 1410. The fraction of sp³-hybridized carbons (Fsp3) is 0.269. The number of Topliss-reactive ketones (excluding diaryl/α,β-unsaturated/α-hetero) is 1.